The molecular formula is C24H28N2O2. The molecule has 1 aliphatic rings. The smallest absolute Gasteiger partial charge is 0.251 e. The molecule has 0 spiro atoms. The highest BCUT2D eigenvalue weighted by molar-refractivity contribution is 5.95. The SMILES string of the molecule is CC(C)(C)C(NC(=O)C=Cc1ccc(C(=O)NC2CC2)cc1)c1ccccc1. The van der Waals surface area contributed by atoms with Gasteiger partial charge in [0.2, 0.25) is 5.91 Å². The predicted octanol–water partition coefficient (Wildman–Crippen LogP) is 4.50. The fourth-order valence-electron chi connectivity index (χ4n) is 3.05. The summed E-state index contributed by atoms with van der Waals surface area (Å²) < 4.78 is 0. The third-order valence-electron chi connectivity index (χ3n) is 4.80. The summed E-state index contributed by atoms with van der Waals surface area (Å²) in [6.45, 7) is 6.33. The average Bonchev–Trinajstić information content (AvgIpc) is 3.48. The molecule has 0 aliphatic heterocycles. The van der Waals surface area contributed by atoms with E-state index in [1.807, 2.05) is 42.5 Å². The van der Waals surface area contributed by atoms with Crippen LogP contribution in [0, 0.1) is 5.41 Å². The van der Waals surface area contributed by atoms with Gasteiger partial charge < -0.3 is 10.6 Å². The molecule has 1 atom stereocenters. The lowest BCUT2D eigenvalue weighted by Gasteiger charge is -2.31. The van der Waals surface area contributed by atoms with Gasteiger partial charge in [0.05, 0.1) is 6.04 Å². The molecule has 0 heterocycles. The van der Waals surface area contributed by atoms with Gasteiger partial charge in [-0.25, -0.2) is 0 Å². The van der Waals surface area contributed by atoms with E-state index >= 15 is 0 Å². The zero-order valence-electron chi connectivity index (χ0n) is 16.7. The first-order valence-electron chi connectivity index (χ1n) is 9.77. The van der Waals surface area contributed by atoms with Gasteiger partial charge in [-0.05, 0) is 47.6 Å². The fourth-order valence-corrected chi connectivity index (χ4v) is 3.05. The van der Waals surface area contributed by atoms with Gasteiger partial charge in [-0.15, -0.1) is 0 Å². The molecule has 0 aromatic heterocycles. The zero-order valence-corrected chi connectivity index (χ0v) is 16.7. The average molecular weight is 377 g/mol. The molecule has 0 radical (unpaired) electrons. The van der Waals surface area contributed by atoms with E-state index in [1.165, 1.54) is 0 Å². The standard InChI is InChI=1S/C24H28N2O2/c1-24(2,3)22(18-7-5-4-6-8-18)26-21(27)16-11-17-9-12-19(13-10-17)23(28)25-20-14-15-20/h4-13,16,20,22H,14-15H2,1-3H3,(H,25,28)(H,26,27). The summed E-state index contributed by atoms with van der Waals surface area (Å²) in [7, 11) is 0. The Hall–Kier alpha value is -2.88. The lowest BCUT2D eigenvalue weighted by atomic mass is 9.82. The lowest BCUT2D eigenvalue weighted by Crippen LogP contribution is -2.35. The maximum atomic E-state index is 12.5. The minimum absolute atomic E-state index is 0.0355. The highest BCUT2D eigenvalue weighted by Crippen LogP contribution is 2.32. The van der Waals surface area contributed by atoms with Gasteiger partial charge in [-0.3, -0.25) is 9.59 Å². The second-order valence-electron chi connectivity index (χ2n) is 8.42. The Bertz CT molecular complexity index is 844. The van der Waals surface area contributed by atoms with Crippen LogP contribution in [0.5, 0.6) is 0 Å². The van der Waals surface area contributed by atoms with Crippen molar-refractivity contribution in [2.24, 2.45) is 5.41 Å². The Morgan fingerprint density at radius 3 is 2.21 bits per heavy atom. The highest BCUT2D eigenvalue weighted by atomic mass is 16.2. The van der Waals surface area contributed by atoms with Gasteiger partial charge in [0, 0.05) is 17.7 Å². The predicted molar refractivity (Wildman–Crippen MR) is 113 cm³/mol. The molecule has 3 rings (SSSR count). The topological polar surface area (TPSA) is 58.2 Å². The van der Waals surface area contributed by atoms with Gasteiger partial charge in [-0.1, -0.05) is 63.2 Å². The van der Waals surface area contributed by atoms with E-state index in [0.717, 1.165) is 24.0 Å². The number of nitrogens with one attached hydrogen (secondary N) is 2. The molecule has 4 nitrogen and oxygen atoms in total. The Balaban J connectivity index is 1.62. The van der Waals surface area contributed by atoms with Crippen LogP contribution < -0.4 is 10.6 Å². The van der Waals surface area contributed by atoms with Crippen LogP contribution in [0.25, 0.3) is 6.08 Å². The summed E-state index contributed by atoms with van der Waals surface area (Å²) >= 11 is 0. The van der Waals surface area contributed by atoms with Gasteiger partial charge in [0.15, 0.2) is 0 Å². The molecule has 1 saturated carbocycles. The summed E-state index contributed by atoms with van der Waals surface area (Å²) in [6.07, 6.45) is 5.45. The molecule has 2 amide bonds. The monoisotopic (exact) mass is 376 g/mol. The van der Waals surface area contributed by atoms with E-state index in [0.29, 0.717) is 11.6 Å². The Kier molecular flexibility index (Phi) is 5.98. The summed E-state index contributed by atoms with van der Waals surface area (Å²) in [6, 6.07) is 17.5. The highest BCUT2D eigenvalue weighted by Gasteiger charge is 2.27. The van der Waals surface area contributed by atoms with Crippen LogP contribution in [-0.2, 0) is 4.79 Å². The molecule has 146 valence electrons. The normalized spacial score (nSPS) is 15.2. The van der Waals surface area contributed by atoms with Crippen LogP contribution in [0.2, 0.25) is 0 Å². The molecule has 2 N–H and O–H groups in total. The Labute approximate surface area is 167 Å². The Morgan fingerprint density at radius 1 is 1.00 bits per heavy atom. The minimum atomic E-state index is -0.140. The number of hydrogen-bond acceptors (Lipinski definition) is 2. The summed E-state index contributed by atoms with van der Waals surface area (Å²) in [5, 5.41) is 6.08. The van der Waals surface area contributed by atoms with Crippen molar-refractivity contribution in [3.63, 3.8) is 0 Å². The summed E-state index contributed by atoms with van der Waals surface area (Å²) in [5.74, 6) is -0.175. The first kappa shape index (κ1) is 19.9. The molecule has 0 saturated heterocycles. The molecule has 4 heteroatoms. The van der Waals surface area contributed by atoms with Gasteiger partial charge in [0.25, 0.3) is 5.91 Å². The third kappa shape index (κ3) is 5.56. The number of hydrogen-bond donors (Lipinski definition) is 2. The van der Waals surface area contributed by atoms with Crippen LogP contribution >= 0.6 is 0 Å². The number of rotatable bonds is 6. The van der Waals surface area contributed by atoms with Gasteiger partial charge in [-0.2, -0.15) is 0 Å². The van der Waals surface area contributed by atoms with E-state index in [9.17, 15) is 9.59 Å². The number of amides is 2. The van der Waals surface area contributed by atoms with Crippen molar-refractivity contribution in [3.8, 4) is 0 Å². The molecule has 1 aliphatic carbocycles. The number of carbonyl (C=O) groups is 2. The van der Waals surface area contributed by atoms with Crippen LogP contribution in [0.4, 0.5) is 0 Å². The molecule has 2 aromatic rings. The van der Waals surface area contributed by atoms with E-state index in [-0.39, 0.29) is 23.3 Å². The zero-order chi connectivity index (χ0) is 20.1. The van der Waals surface area contributed by atoms with Crippen molar-refractivity contribution in [1.82, 2.24) is 10.6 Å². The molecule has 0 bridgehead atoms. The lowest BCUT2D eigenvalue weighted by molar-refractivity contribution is -0.117. The number of carbonyl (C=O) groups excluding carboxylic acids is 2. The summed E-state index contributed by atoms with van der Waals surface area (Å²) in [4.78, 5) is 24.5. The van der Waals surface area contributed by atoms with Crippen molar-refractivity contribution in [2.45, 2.75) is 45.7 Å². The maximum Gasteiger partial charge on any atom is 0.251 e. The van der Waals surface area contributed by atoms with Crippen LogP contribution in [-0.4, -0.2) is 17.9 Å². The first-order valence-corrected chi connectivity index (χ1v) is 9.77. The second kappa shape index (κ2) is 8.42. The fraction of sp³-hybridized carbons (Fsp3) is 0.333. The molecule has 28 heavy (non-hydrogen) atoms. The summed E-state index contributed by atoms with van der Waals surface area (Å²) in [5.41, 5.74) is 2.50. The molecule has 1 unspecified atom stereocenters. The van der Waals surface area contributed by atoms with E-state index in [4.69, 9.17) is 0 Å². The maximum absolute atomic E-state index is 12.5. The third-order valence-corrected chi connectivity index (χ3v) is 4.80. The van der Waals surface area contributed by atoms with E-state index in [1.54, 1.807) is 24.3 Å². The molecule has 1 fully saturated rings. The first-order chi connectivity index (χ1) is 13.3. The van der Waals surface area contributed by atoms with Crippen molar-refractivity contribution < 1.29 is 9.59 Å². The van der Waals surface area contributed by atoms with Crippen LogP contribution in [0.1, 0.15) is 61.1 Å². The van der Waals surface area contributed by atoms with Crippen LogP contribution in [0.15, 0.2) is 60.7 Å². The quantitative estimate of drug-likeness (QED) is 0.730. The van der Waals surface area contributed by atoms with Gasteiger partial charge in [0.1, 0.15) is 0 Å². The Morgan fingerprint density at radius 2 is 1.64 bits per heavy atom. The molecule has 2 aromatic carbocycles. The number of benzene rings is 2. The van der Waals surface area contributed by atoms with Crippen molar-refractivity contribution in [3.05, 3.63) is 77.4 Å². The largest absolute Gasteiger partial charge is 0.349 e. The van der Waals surface area contributed by atoms with Gasteiger partial charge >= 0.3 is 0 Å². The van der Waals surface area contributed by atoms with Crippen molar-refractivity contribution >= 4 is 17.9 Å². The second-order valence-corrected chi connectivity index (χ2v) is 8.42. The van der Waals surface area contributed by atoms with Crippen molar-refractivity contribution in [2.75, 3.05) is 0 Å². The molecular weight excluding hydrogens is 348 g/mol. The van der Waals surface area contributed by atoms with E-state index in [2.05, 4.69) is 31.4 Å². The van der Waals surface area contributed by atoms with Crippen molar-refractivity contribution in [1.29, 1.82) is 0 Å². The van der Waals surface area contributed by atoms with Crippen LogP contribution in [0.3, 0.4) is 0 Å². The van der Waals surface area contributed by atoms with E-state index < -0.39 is 0 Å². The minimum Gasteiger partial charge on any atom is -0.349 e.